The maximum Gasteiger partial charge on any atom is 0.254 e. The van der Waals surface area contributed by atoms with Gasteiger partial charge in [-0.3, -0.25) is 9.48 Å². The molecule has 0 aliphatic rings. The zero-order valence-corrected chi connectivity index (χ0v) is 14.0. The molecule has 6 heteroatoms. The van der Waals surface area contributed by atoms with Crippen LogP contribution in [0.15, 0.2) is 6.20 Å². The van der Waals surface area contributed by atoms with Crippen molar-refractivity contribution in [1.82, 2.24) is 15.1 Å². The minimum atomic E-state index is -0.904. The maximum atomic E-state index is 12.3. The second-order valence-electron chi connectivity index (χ2n) is 6.43. The van der Waals surface area contributed by atoms with E-state index in [1.54, 1.807) is 36.6 Å². The SMILES string of the molecule is CSCC(C)(O)CNC(=O)c1cn(C)nc1C(C)(C)C. The smallest absolute Gasteiger partial charge is 0.254 e. The fraction of sp³-hybridized carbons (Fsp3) is 0.714. The van der Waals surface area contributed by atoms with Crippen LogP contribution in [0.2, 0.25) is 0 Å². The molecule has 0 aliphatic heterocycles. The summed E-state index contributed by atoms with van der Waals surface area (Å²) < 4.78 is 1.65. The van der Waals surface area contributed by atoms with Crippen molar-refractivity contribution in [1.29, 1.82) is 0 Å². The van der Waals surface area contributed by atoms with E-state index in [1.807, 2.05) is 27.0 Å². The number of carbonyl (C=O) groups excluding carboxylic acids is 1. The average molecular weight is 299 g/mol. The summed E-state index contributed by atoms with van der Waals surface area (Å²) in [5.41, 5.74) is 0.233. The highest BCUT2D eigenvalue weighted by Gasteiger charge is 2.27. The molecule has 114 valence electrons. The molecule has 0 radical (unpaired) electrons. The van der Waals surface area contributed by atoms with Gasteiger partial charge < -0.3 is 10.4 Å². The largest absolute Gasteiger partial charge is 0.387 e. The van der Waals surface area contributed by atoms with Gasteiger partial charge >= 0.3 is 0 Å². The Kier molecular flexibility index (Phi) is 5.27. The first-order valence-corrected chi connectivity index (χ1v) is 8.00. The summed E-state index contributed by atoms with van der Waals surface area (Å²) in [6.07, 6.45) is 3.65. The van der Waals surface area contributed by atoms with E-state index in [2.05, 4.69) is 10.4 Å². The molecule has 0 bridgehead atoms. The highest BCUT2D eigenvalue weighted by atomic mass is 32.2. The number of carbonyl (C=O) groups is 1. The van der Waals surface area contributed by atoms with E-state index in [0.29, 0.717) is 11.3 Å². The highest BCUT2D eigenvalue weighted by molar-refractivity contribution is 7.98. The van der Waals surface area contributed by atoms with Crippen molar-refractivity contribution in [2.45, 2.75) is 38.7 Å². The van der Waals surface area contributed by atoms with Crippen LogP contribution in [0.25, 0.3) is 0 Å². The Hall–Kier alpha value is -1.01. The van der Waals surface area contributed by atoms with Gasteiger partial charge in [0.1, 0.15) is 0 Å². The number of rotatable bonds is 5. The molecule has 0 spiro atoms. The Labute approximate surface area is 125 Å². The summed E-state index contributed by atoms with van der Waals surface area (Å²) in [7, 11) is 1.80. The lowest BCUT2D eigenvalue weighted by atomic mass is 9.89. The number of amides is 1. The normalized spacial score (nSPS) is 14.9. The van der Waals surface area contributed by atoms with Gasteiger partial charge in [0.05, 0.1) is 16.9 Å². The third-order valence-corrected chi connectivity index (χ3v) is 3.78. The zero-order valence-electron chi connectivity index (χ0n) is 13.1. The van der Waals surface area contributed by atoms with Crippen LogP contribution in [0.1, 0.15) is 43.7 Å². The van der Waals surface area contributed by atoms with Crippen LogP contribution in [0, 0.1) is 0 Å². The molecule has 1 heterocycles. The molecule has 1 rings (SSSR count). The monoisotopic (exact) mass is 299 g/mol. The van der Waals surface area contributed by atoms with E-state index >= 15 is 0 Å². The first-order chi connectivity index (χ1) is 9.07. The molecule has 1 amide bonds. The van der Waals surface area contributed by atoms with E-state index in [4.69, 9.17) is 0 Å². The minimum absolute atomic E-state index is 0.190. The number of aryl methyl sites for hydroxylation is 1. The predicted octanol–water partition coefficient (Wildman–Crippen LogP) is 1.56. The van der Waals surface area contributed by atoms with E-state index in [-0.39, 0.29) is 17.9 Å². The molecule has 0 aliphatic carbocycles. The van der Waals surface area contributed by atoms with E-state index in [1.165, 1.54) is 0 Å². The number of nitrogens with one attached hydrogen (secondary N) is 1. The molecule has 2 N–H and O–H groups in total. The fourth-order valence-electron chi connectivity index (χ4n) is 1.94. The third kappa shape index (κ3) is 4.52. The number of hydrogen-bond donors (Lipinski definition) is 2. The second-order valence-corrected chi connectivity index (χ2v) is 7.29. The first kappa shape index (κ1) is 17.0. The van der Waals surface area contributed by atoms with Crippen LogP contribution in [0.4, 0.5) is 0 Å². The van der Waals surface area contributed by atoms with Crippen molar-refractivity contribution in [2.75, 3.05) is 18.6 Å². The van der Waals surface area contributed by atoms with Gasteiger partial charge in [0, 0.05) is 31.0 Å². The Morgan fingerprint density at radius 3 is 2.55 bits per heavy atom. The highest BCUT2D eigenvalue weighted by Crippen LogP contribution is 2.24. The van der Waals surface area contributed by atoms with Gasteiger partial charge in [-0.05, 0) is 13.2 Å². The molecule has 20 heavy (non-hydrogen) atoms. The number of aromatic nitrogens is 2. The molecule has 0 fully saturated rings. The Balaban J connectivity index is 2.84. The Morgan fingerprint density at radius 2 is 2.05 bits per heavy atom. The van der Waals surface area contributed by atoms with E-state index in [0.717, 1.165) is 5.69 Å². The van der Waals surface area contributed by atoms with Crippen LogP contribution in [-0.4, -0.2) is 44.9 Å². The first-order valence-electron chi connectivity index (χ1n) is 6.60. The lowest BCUT2D eigenvalue weighted by molar-refractivity contribution is 0.0724. The molecule has 1 aromatic rings. The van der Waals surface area contributed by atoms with Gasteiger partial charge in [-0.1, -0.05) is 20.8 Å². The van der Waals surface area contributed by atoms with Gasteiger partial charge in [-0.2, -0.15) is 16.9 Å². The summed E-state index contributed by atoms with van der Waals surface area (Å²) in [6, 6.07) is 0. The van der Waals surface area contributed by atoms with Crippen LogP contribution in [-0.2, 0) is 12.5 Å². The number of thioether (sulfide) groups is 1. The summed E-state index contributed by atoms with van der Waals surface area (Å²) in [5, 5.41) is 17.3. The molecule has 1 aromatic heterocycles. The van der Waals surface area contributed by atoms with Crippen LogP contribution < -0.4 is 5.32 Å². The van der Waals surface area contributed by atoms with Crippen molar-refractivity contribution in [3.05, 3.63) is 17.5 Å². The average Bonchev–Trinajstić information content (AvgIpc) is 2.68. The molecule has 0 aromatic carbocycles. The fourth-order valence-corrected chi connectivity index (χ4v) is 2.66. The maximum absolute atomic E-state index is 12.3. The molecule has 1 unspecified atom stereocenters. The van der Waals surface area contributed by atoms with Crippen molar-refractivity contribution in [3.63, 3.8) is 0 Å². The Morgan fingerprint density at radius 1 is 1.45 bits per heavy atom. The van der Waals surface area contributed by atoms with E-state index < -0.39 is 5.60 Å². The number of nitrogens with zero attached hydrogens (tertiary/aromatic N) is 2. The number of aliphatic hydroxyl groups is 1. The van der Waals surface area contributed by atoms with Gasteiger partial charge in [0.15, 0.2) is 0 Å². The molecular formula is C14H25N3O2S. The van der Waals surface area contributed by atoms with Crippen LogP contribution in [0.5, 0.6) is 0 Å². The van der Waals surface area contributed by atoms with Gasteiger partial charge in [-0.25, -0.2) is 0 Å². The van der Waals surface area contributed by atoms with Gasteiger partial charge in [0.2, 0.25) is 0 Å². The summed E-state index contributed by atoms with van der Waals surface area (Å²) in [4.78, 5) is 12.3. The van der Waals surface area contributed by atoms with Crippen LogP contribution in [0.3, 0.4) is 0 Å². The second kappa shape index (κ2) is 6.18. The lowest BCUT2D eigenvalue weighted by Crippen LogP contribution is -2.42. The summed E-state index contributed by atoms with van der Waals surface area (Å²) in [6.45, 7) is 8.02. The molecule has 1 atom stereocenters. The third-order valence-electron chi connectivity index (χ3n) is 2.87. The van der Waals surface area contributed by atoms with Crippen molar-refractivity contribution < 1.29 is 9.90 Å². The zero-order chi connectivity index (χ0) is 15.6. The van der Waals surface area contributed by atoms with Crippen molar-refractivity contribution in [2.24, 2.45) is 7.05 Å². The molecule has 0 saturated carbocycles. The van der Waals surface area contributed by atoms with Crippen molar-refractivity contribution >= 4 is 17.7 Å². The minimum Gasteiger partial charge on any atom is -0.387 e. The summed E-state index contributed by atoms with van der Waals surface area (Å²) >= 11 is 1.55. The topological polar surface area (TPSA) is 67.2 Å². The van der Waals surface area contributed by atoms with Gasteiger partial charge in [-0.15, -0.1) is 0 Å². The number of hydrogen-bond acceptors (Lipinski definition) is 4. The summed E-state index contributed by atoms with van der Waals surface area (Å²) in [5.74, 6) is 0.385. The Bertz CT molecular complexity index is 475. The standard InChI is InChI=1S/C14H25N3O2S/c1-13(2,3)11-10(7-17(5)16-11)12(18)15-8-14(4,19)9-20-6/h7,19H,8-9H2,1-6H3,(H,15,18). The lowest BCUT2D eigenvalue weighted by Gasteiger charge is -2.23. The van der Waals surface area contributed by atoms with Crippen LogP contribution >= 0.6 is 11.8 Å². The van der Waals surface area contributed by atoms with E-state index in [9.17, 15) is 9.90 Å². The predicted molar refractivity (Wildman–Crippen MR) is 83.2 cm³/mol. The van der Waals surface area contributed by atoms with Gasteiger partial charge in [0.25, 0.3) is 5.91 Å². The molecule has 5 nitrogen and oxygen atoms in total. The quantitative estimate of drug-likeness (QED) is 0.866. The molecular weight excluding hydrogens is 274 g/mol. The molecule has 0 saturated heterocycles. The van der Waals surface area contributed by atoms with Crippen molar-refractivity contribution in [3.8, 4) is 0 Å².